The first-order valence-electron chi connectivity index (χ1n) is 7.59. The van der Waals surface area contributed by atoms with Gasteiger partial charge in [0.2, 0.25) is 5.91 Å². The van der Waals surface area contributed by atoms with E-state index < -0.39 is 0 Å². The summed E-state index contributed by atoms with van der Waals surface area (Å²) in [6.07, 6.45) is 5.78. The molecule has 22 heavy (non-hydrogen) atoms. The monoisotopic (exact) mass is 296 g/mol. The molecule has 0 spiro atoms. The second-order valence-corrected chi connectivity index (χ2v) is 5.77. The predicted octanol–water partition coefficient (Wildman–Crippen LogP) is 1.96. The Bertz CT molecular complexity index is 627. The highest BCUT2D eigenvalue weighted by molar-refractivity contribution is 5.92. The molecule has 2 aromatic rings. The maximum absolute atomic E-state index is 11.1. The van der Waals surface area contributed by atoms with E-state index >= 15 is 0 Å². The van der Waals surface area contributed by atoms with E-state index in [4.69, 9.17) is 5.73 Å². The van der Waals surface area contributed by atoms with Crippen molar-refractivity contribution in [3.05, 3.63) is 59.7 Å². The molecule has 114 valence electrons. The molecular weight excluding hydrogens is 276 g/mol. The van der Waals surface area contributed by atoms with Crippen molar-refractivity contribution in [3.63, 3.8) is 0 Å². The number of carbonyl (C=O) groups is 1. The van der Waals surface area contributed by atoms with Gasteiger partial charge in [0.15, 0.2) is 0 Å². The number of nitrogens with two attached hydrogens (primary N) is 1. The molecule has 0 aliphatic carbocycles. The molecule has 1 amide bonds. The molecule has 1 aromatic heterocycles. The van der Waals surface area contributed by atoms with Crippen LogP contribution in [0.15, 0.2) is 42.9 Å². The normalized spacial score (nSPS) is 19.0. The van der Waals surface area contributed by atoms with E-state index in [0.717, 1.165) is 25.3 Å². The topological polar surface area (TPSA) is 72.1 Å². The molecule has 1 unspecified atom stereocenters. The first kappa shape index (κ1) is 14.7. The fourth-order valence-corrected chi connectivity index (χ4v) is 3.02. The van der Waals surface area contributed by atoms with E-state index in [1.807, 2.05) is 24.4 Å². The highest BCUT2D eigenvalue weighted by atomic mass is 16.1. The molecule has 5 heteroatoms. The summed E-state index contributed by atoms with van der Waals surface area (Å²) in [5.74, 6) is 0.0926. The van der Waals surface area contributed by atoms with Gasteiger partial charge in [-0.2, -0.15) is 0 Å². The third-order valence-electron chi connectivity index (χ3n) is 4.17. The average molecular weight is 296 g/mol. The van der Waals surface area contributed by atoms with Crippen molar-refractivity contribution in [1.82, 2.24) is 14.9 Å². The van der Waals surface area contributed by atoms with Crippen LogP contribution in [0.4, 0.5) is 0 Å². The number of piperidine rings is 1. The van der Waals surface area contributed by atoms with Crippen molar-refractivity contribution in [2.75, 3.05) is 13.1 Å². The SMILES string of the molecule is NC(=O)c1ccc(CN2CCCC(c3ccncn3)C2)cc1. The molecule has 2 heterocycles. The largest absolute Gasteiger partial charge is 0.366 e. The summed E-state index contributed by atoms with van der Waals surface area (Å²) in [5.41, 5.74) is 8.16. The van der Waals surface area contributed by atoms with Crippen LogP contribution < -0.4 is 5.73 Å². The molecule has 0 bridgehead atoms. The van der Waals surface area contributed by atoms with Gasteiger partial charge in [-0.1, -0.05) is 12.1 Å². The van der Waals surface area contributed by atoms with Gasteiger partial charge in [0.25, 0.3) is 0 Å². The van der Waals surface area contributed by atoms with Crippen LogP contribution in [0.25, 0.3) is 0 Å². The van der Waals surface area contributed by atoms with Crippen molar-refractivity contribution >= 4 is 5.91 Å². The predicted molar refractivity (Wildman–Crippen MR) is 84.2 cm³/mol. The summed E-state index contributed by atoms with van der Waals surface area (Å²) in [6, 6.07) is 9.56. The molecule has 1 aliphatic rings. The fraction of sp³-hybridized carbons (Fsp3) is 0.353. The Kier molecular flexibility index (Phi) is 4.44. The van der Waals surface area contributed by atoms with Crippen LogP contribution in [0.3, 0.4) is 0 Å². The first-order valence-corrected chi connectivity index (χ1v) is 7.59. The van der Waals surface area contributed by atoms with Crippen LogP contribution in [0.1, 0.15) is 40.4 Å². The number of hydrogen-bond acceptors (Lipinski definition) is 4. The lowest BCUT2D eigenvalue weighted by Crippen LogP contribution is -2.34. The van der Waals surface area contributed by atoms with E-state index in [2.05, 4.69) is 14.9 Å². The number of carbonyl (C=O) groups excluding carboxylic acids is 1. The van der Waals surface area contributed by atoms with Crippen molar-refractivity contribution < 1.29 is 4.79 Å². The molecule has 0 saturated carbocycles. The van der Waals surface area contributed by atoms with Gasteiger partial charge in [0, 0.05) is 36.5 Å². The number of likely N-dealkylation sites (tertiary alicyclic amines) is 1. The second-order valence-electron chi connectivity index (χ2n) is 5.77. The zero-order valence-electron chi connectivity index (χ0n) is 12.5. The highest BCUT2D eigenvalue weighted by Gasteiger charge is 2.22. The van der Waals surface area contributed by atoms with Crippen LogP contribution in [0.2, 0.25) is 0 Å². The van der Waals surface area contributed by atoms with Gasteiger partial charge < -0.3 is 5.73 Å². The molecule has 5 nitrogen and oxygen atoms in total. The van der Waals surface area contributed by atoms with E-state index in [0.29, 0.717) is 11.5 Å². The number of primary amides is 1. The molecule has 1 fully saturated rings. The van der Waals surface area contributed by atoms with Crippen molar-refractivity contribution in [2.45, 2.75) is 25.3 Å². The smallest absolute Gasteiger partial charge is 0.248 e. The summed E-state index contributed by atoms with van der Waals surface area (Å²) < 4.78 is 0. The number of benzene rings is 1. The Labute approximate surface area is 130 Å². The molecule has 1 aromatic carbocycles. The number of hydrogen-bond donors (Lipinski definition) is 1. The van der Waals surface area contributed by atoms with Crippen molar-refractivity contribution in [3.8, 4) is 0 Å². The zero-order chi connectivity index (χ0) is 15.4. The number of aromatic nitrogens is 2. The lowest BCUT2D eigenvalue weighted by Gasteiger charge is -2.32. The third-order valence-corrected chi connectivity index (χ3v) is 4.17. The maximum Gasteiger partial charge on any atom is 0.248 e. The quantitative estimate of drug-likeness (QED) is 0.936. The van der Waals surface area contributed by atoms with Crippen LogP contribution in [-0.4, -0.2) is 33.9 Å². The van der Waals surface area contributed by atoms with E-state index in [1.165, 1.54) is 18.4 Å². The molecule has 1 atom stereocenters. The second kappa shape index (κ2) is 6.66. The zero-order valence-corrected chi connectivity index (χ0v) is 12.5. The Morgan fingerprint density at radius 3 is 2.77 bits per heavy atom. The minimum atomic E-state index is -0.381. The van der Waals surface area contributed by atoms with E-state index in [1.54, 1.807) is 18.5 Å². The Hall–Kier alpha value is -2.27. The van der Waals surface area contributed by atoms with Crippen LogP contribution in [0.5, 0.6) is 0 Å². The lowest BCUT2D eigenvalue weighted by molar-refractivity contribution is 0.100. The summed E-state index contributed by atoms with van der Waals surface area (Å²) in [6.45, 7) is 2.99. The Balaban J connectivity index is 1.64. The van der Waals surface area contributed by atoms with Gasteiger partial charge in [-0.3, -0.25) is 9.69 Å². The van der Waals surface area contributed by atoms with Crippen LogP contribution in [0, 0.1) is 0 Å². The van der Waals surface area contributed by atoms with E-state index in [9.17, 15) is 4.79 Å². The summed E-state index contributed by atoms with van der Waals surface area (Å²) >= 11 is 0. The number of nitrogens with zero attached hydrogens (tertiary/aromatic N) is 3. The Morgan fingerprint density at radius 1 is 1.27 bits per heavy atom. The van der Waals surface area contributed by atoms with Gasteiger partial charge >= 0.3 is 0 Å². The minimum Gasteiger partial charge on any atom is -0.366 e. The third kappa shape index (κ3) is 3.49. The highest BCUT2D eigenvalue weighted by Crippen LogP contribution is 2.26. The van der Waals surface area contributed by atoms with E-state index in [-0.39, 0.29) is 5.91 Å². The maximum atomic E-state index is 11.1. The fourth-order valence-electron chi connectivity index (χ4n) is 3.02. The van der Waals surface area contributed by atoms with Crippen molar-refractivity contribution in [2.24, 2.45) is 5.73 Å². The Morgan fingerprint density at radius 2 is 2.09 bits per heavy atom. The molecule has 0 radical (unpaired) electrons. The minimum absolute atomic E-state index is 0.381. The van der Waals surface area contributed by atoms with Gasteiger partial charge in [-0.15, -0.1) is 0 Å². The molecule has 1 aliphatic heterocycles. The van der Waals surface area contributed by atoms with Crippen LogP contribution >= 0.6 is 0 Å². The standard InChI is InChI=1S/C17H20N4O/c18-17(22)14-5-3-13(4-6-14)10-21-9-1-2-15(11-21)16-7-8-19-12-20-16/h3-8,12,15H,1-2,9-11H2,(H2,18,22). The first-order chi connectivity index (χ1) is 10.7. The summed E-state index contributed by atoms with van der Waals surface area (Å²) in [7, 11) is 0. The molecule has 3 rings (SSSR count). The summed E-state index contributed by atoms with van der Waals surface area (Å²) in [5, 5.41) is 0. The summed E-state index contributed by atoms with van der Waals surface area (Å²) in [4.78, 5) is 21.9. The van der Waals surface area contributed by atoms with Crippen molar-refractivity contribution in [1.29, 1.82) is 0 Å². The van der Waals surface area contributed by atoms with Gasteiger partial charge in [0.05, 0.1) is 0 Å². The number of amides is 1. The van der Waals surface area contributed by atoms with Gasteiger partial charge in [0.1, 0.15) is 6.33 Å². The number of rotatable bonds is 4. The van der Waals surface area contributed by atoms with Crippen LogP contribution in [-0.2, 0) is 6.54 Å². The van der Waals surface area contributed by atoms with Gasteiger partial charge in [-0.25, -0.2) is 9.97 Å². The lowest BCUT2D eigenvalue weighted by atomic mass is 9.94. The average Bonchev–Trinajstić information content (AvgIpc) is 2.56. The molecule has 2 N–H and O–H groups in total. The molecular formula is C17H20N4O. The molecule has 1 saturated heterocycles. The van der Waals surface area contributed by atoms with Gasteiger partial charge in [-0.05, 0) is 43.1 Å².